The molecule has 0 radical (unpaired) electrons. The number of nitrogens with two attached hydrogens (primary N) is 1. The SMILES string of the molecule is CC(C)C(CN)(CO)Cc1cccc(Cl)c1. The average molecular weight is 242 g/mol. The van der Waals surface area contributed by atoms with Crippen LogP contribution in [-0.2, 0) is 6.42 Å². The van der Waals surface area contributed by atoms with E-state index >= 15 is 0 Å². The van der Waals surface area contributed by atoms with E-state index in [1.165, 1.54) is 0 Å². The lowest BCUT2D eigenvalue weighted by molar-refractivity contribution is 0.0843. The highest BCUT2D eigenvalue weighted by molar-refractivity contribution is 6.30. The number of halogens is 1. The summed E-state index contributed by atoms with van der Waals surface area (Å²) in [6.45, 7) is 4.77. The Balaban J connectivity index is 2.91. The number of benzene rings is 1. The Morgan fingerprint density at radius 2 is 2.12 bits per heavy atom. The number of rotatable bonds is 5. The van der Waals surface area contributed by atoms with Crippen molar-refractivity contribution in [2.45, 2.75) is 20.3 Å². The fraction of sp³-hybridized carbons (Fsp3) is 0.538. The first-order chi connectivity index (χ1) is 7.54. The molecule has 1 aromatic carbocycles. The molecule has 0 aromatic heterocycles. The minimum Gasteiger partial charge on any atom is -0.396 e. The summed E-state index contributed by atoms with van der Waals surface area (Å²) in [7, 11) is 0. The van der Waals surface area contributed by atoms with E-state index in [0.29, 0.717) is 12.5 Å². The fourth-order valence-corrected chi connectivity index (χ4v) is 2.08. The van der Waals surface area contributed by atoms with Gasteiger partial charge in [-0.3, -0.25) is 0 Å². The predicted octanol–water partition coefficient (Wildman–Crippen LogP) is 2.48. The fourth-order valence-electron chi connectivity index (χ4n) is 1.87. The number of hydrogen-bond acceptors (Lipinski definition) is 2. The van der Waals surface area contributed by atoms with Crippen LogP contribution in [0.1, 0.15) is 19.4 Å². The lowest BCUT2D eigenvalue weighted by atomic mass is 9.73. The Hall–Kier alpha value is -0.570. The molecule has 0 amide bonds. The zero-order valence-corrected chi connectivity index (χ0v) is 10.7. The van der Waals surface area contributed by atoms with Gasteiger partial charge in [0.1, 0.15) is 0 Å². The van der Waals surface area contributed by atoms with Crippen molar-refractivity contribution < 1.29 is 5.11 Å². The summed E-state index contributed by atoms with van der Waals surface area (Å²) in [5, 5.41) is 10.3. The largest absolute Gasteiger partial charge is 0.396 e. The van der Waals surface area contributed by atoms with Gasteiger partial charge in [-0.15, -0.1) is 0 Å². The summed E-state index contributed by atoms with van der Waals surface area (Å²) in [4.78, 5) is 0. The van der Waals surface area contributed by atoms with E-state index in [2.05, 4.69) is 13.8 Å². The van der Waals surface area contributed by atoms with Gasteiger partial charge in [0.25, 0.3) is 0 Å². The van der Waals surface area contributed by atoms with Gasteiger partial charge in [0.15, 0.2) is 0 Å². The second-order valence-electron chi connectivity index (χ2n) is 4.69. The highest BCUT2D eigenvalue weighted by atomic mass is 35.5. The summed E-state index contributed by atoms with van der Waals surface area (Å²) < 4.78 is 0. The minimum absolute atomic E-state index is 0.105. The van der Waals surface area contributed by atoms with Crippen molar-refractivity contribution in [3.05, 3.63) is 34.9 Å². The third-order valence-corrected chi connectivity index (χ3v) is 3.63. The van der Waals surface area contributed by atoms with Crippen molar-refractivity contribution in [3.63, 3.8) is 0 Å². The Morgan fingerprint density at radius 1 is 1.44 bits per heavy atom. The highest BCUT2D eigenvalue weighted by Crippen LogP contribution is 2.30. The monoisotopic (exact) mass is 241 g/mol. The molecule has 0 spiro atoms. The molecule has 0 aliphatic rings. The molecule has 16 heavy (non-hydrogen) atoms. The second-order valence-corrected chi connectivity index (χ2v) is 5.12. The molecule has 0 saturated heterocycles. The molecule has 2 nitrogen and oxygen atoms in total. The molecule has 1 atom stereocenters. The predicted molar refractivity (Wildman–Crippen MR) is 68.6 cm³/mol. The molecule has 1 rings (SSSR count). The van der Waals surface area contributed by atoms with Gasteiger partial charge in [-0.2, -0.15) is 0 Å². The zero-order chi connectivity index (χ0) is 12.2. The molecule has 90 valence electrons. The third-order valence-electron chi connectivity index (χ3n) is 3.39. The minimum atomic E-state index is -0.245. The molecule has 0 fully saturated rings. The first kappa shape index (κ1) is 13.5. The van der Waals surface area contributed by atoms with Crippen molar-refractivity contribution in [3.8, 4) is 0 Å². The quantitative estimate of drug-likeness (QED) is 0.832. The topological polar surface area (TPSA) is 46.2 Å². The maximum absolute atomic E-state index is 9.56. The molecular formula is C13H20ClNO. The van der Waals surface area contributed by atoms with Gasteiger partial charge in [0.2, 0.25) is 0 Å². The van der Waals surface area contributed by atoms with Crippen molar-refractivity contribution >= 4 is 11.6 Å². The maximum atomic E-state index is 9.56. The van der Waals surface area contributed by atoms with E-state index in [4.69, 9.17) is 17.3 Å². The van der Waals surface area contributed by atoms with E-state index in [9.17, 15) is 5.11 Å². The van der Waals surface area contributed by atoms with Crippen molar-refractivity contribution in [1.82, 2.24) is 0 Å². The molecule has 0 bridgehead atoms. The van der Waals surface area contributed by atoms with Crippen molar-refractivity contribution in [2.75, 3.05) is 13.2 Å². The van der Waals surface area contributed by atoms with Crippen LogP contribution in [0, 0.1) is 11.3 Å². The molecule has 0 heterocycles. The summed E-state index contributed by atoms with van der Waals surface area (Å²) in [6.07, 6.45) is 0.762. The first-order valence-electron chi connectivity index (χ1n) is 5.59. The van der Waals surface area contributed by atoms with Gasteiger partial charge in [-0.1, -0.05) is 37.6 Å². The van der Waals surface area contributed by atoms with Crippen molar-refractivity contribution in [2.24, 2.45) is 17.1 Å². The first-order valence-corrected chi connectivity index (χ1v) is 5.97. The lowest BCUT2D eigenvalue weighted by Crippen LogP contribution is -2.41. The summed E-state index contributed by atoms with van der Waals surface area (Å²) in [5.41, 5.74) is 6.69. The normalized spacial score (nSPS) is 15.1. The zero-order valence-electron chi connectivity index (χ0n) is 9.91. The van der Waals surface area contributed by atoms with Crippen molar-refractivity contribution in [1.29, 1.82) is 0 Å². The van der Waals surface area contributed by atoms with Gasteiger partial charge in [-0.25, -0.2) is 0 Å². The van der Waals surface area contributed by atoms with Crippen LogP contribution in [0.2, 0.25) is 5.02 Å². The van der Waals surface area contributed by atoms with Crippen LogP contribution in [-0.4, -0.2) is 18.3 Å². The van der Waals surface area contributed by atoms with Gasteiger partial charge < -0.3 is 10.8 Å². The number of hydrogen-bond donors (Lipinski definition) is 2. The molecule has 0 aliphatic heterocycles. The number of aliphatic hydroxyl groups is 1. The molecule has 0 saturated carbocycles. The Morgan fingerprint density at radius 3 is 2.56 bits per heavy atom. The van der Waals surface area contributed by atoms with Crippen LogP contribution in [0.3, 0.4) is 0 Å². The molecule has 3 heteroatoms. The van der Waals surface area contributed by atoms with Crippen LogP contribution in [0.4, 0.5) is 0 Å². The molecule has 0 aliphatic carbocycles. The van der Waals surface area contributed by atoms with Crippen LogP contribution in [0.5, 0.6) is 0 Å². The molecule has 1 unspecified atom stereocenters. The Kier molecular flexibility index (Phi) is 4.78. The smallest absolute Gasteiger partial charge is 0.0505 e. The molecular weight excluding hydrogens is 222 g/mol. The highest BCUT2D eigenvalue weighted by Gasteiger charge is 2.31. The van der Waals surface area contributed by atoms with E-state index in [-0.39, 0.29) is 12.0 Å². The van der Waals surface area contributed by atoms with Crippen LogP contribution < -0.4 is 5.73 Å². The summed E-state index contributed by atoms with van der Waals surface area (Å²) in [6, 6.07) is 7.73. The van der Waals surface area contributed by atoms with E-state index in [1.807, 2.05) is 24.3 Å². The van der Waals surface area contributed by atoms with Gasteiger partial charge >= 0.3 is 0 Å². The maximum Gasteiger partial charge on any atom is 0.0505 e. The van der Waals surface area contributed by atoms with Crippen LogP contribution >= 0.6 is 11.6 Å². The Labute approximate surface area is 102 Å². The second kappa shape index (κ2) is 5.67. The summed E-state index contributed by atoms with van der Waals surface area (Å²) >= 11 is 5.95. The van der Waals surface area contributed by atoms with Crippen LogP contribution in [0.15, 0.2) is 24.3 Å². The van der Waals surface area contributed by atoms with E-state index in [1.54, 1.807) is 0 Å². The van der Waals surface area contributed by atoms with Gasteiger partial charge in [-0.05, 0) is 30.0 Å². The van der Waals surface area contributed by atoms with Gasteiger partial charge in [0, 0.05) is 17.0 Å². The number of aliphatic hydroxyl groups excluding tert-OH is 1. The van der Waals surface area contributed by atoms with E-state index < -0.39 is 0 Å². The average Bonchev–Trinajstić information content (AvgIpc) is 2.25. The molecule has 1 aromatic rings. The molecule has 3 N–H and O–H groups in total. The third kappa shape index (κ3) is 2.97. The van der Waals surface area contributed by atoms with Gasteiger partial charge in [0.05, 0.1) is 6.61 Å². The standard InChI is InChI=1S/C13H20ClNO/c1-10(2)13(8-15,9-16)7-11-4-3-5-12(14)6-11/h3-6,10,16H,7-9,15H2,1-2H3. The summed E-state index contributed by atoms with van der Waals surface area (Å²) in [5.74, 6) is 0.335. The van der Waals surface area contributed by atoms with Crippen LogP contribution in [0.25, 0.3) is 0 Å². The van der Waals surface area contributed by atoms with E-state index in [0.717, 1.165) is 17.0 Å². The lowest BCUT2D eigenvalue weighted by Gasteiger charge is -2.34. The Bertz CT molecular complexity index is 334.